The van der Waals surface area contributed by atoms with E-state index in [0.29, 0.717) is 5.75 Å². The molecular weight excluding hydrogens is 374 g/mol. The van der Waals surface area contributed by atoms with Crippen LogP contribution in [0.5, 0.6) is 0 Å². The highest BCUT2D eigenvalue weighted by atomic mass is 32.2. The Morgan fingerprint density at radius 3 is 2.54 bits per heavy atom. The summed E-state index contributed by atoms with van der Waals surface area (Å²) in [6, 6.07) is 18.8. The Morgan fingerprint density at radius 2 is 1.88 bits per heavy atom. The third-order valence-corrected chi connectivity index (χ3v) is 5.53. The Kier molecular flexibility index (Phi) is 7.07. The second-order valence-electron chi connectivity index (χ2n) is 5.56. The summed E-state index contributed by atoms with van der Waals surface area (Å²) in [6.07, 6.45) is -1.04. The first-order valence-corrected chi connectivity index (χ1v) is 10.1. The molecule has 8 heteroatoms. The van der Waals surface area contributed by atoms with E-state index in [-0.39, 0.29) is 13.2 Å². The first-order chi connectivity index (χ1) is 12.7. The van der Waals surface area contributed by atoms with Gasteiger partial charge in [-0.05, 0) is 17.7 Å². The molecule has 0 aromatic heterocycles. The molecule has 26 heavy (non-hydrogen) atoms. The number of thioether (sulfide) groups is 1. The SMILES string of the molecule is O=C(N[C@@H](CSc1ccccc1)[C@H]1COS(=O)O1)OCc1ccccc1. The highest BCUT2D eigenvalue weighted by Gasteiger charge is 2.33. The van der Waals surface area contributed by atoms with E-state index in [2.05, 4.69) is 5.32 Å². The van der Waals surface area contributed by atoms with Crippen molar-refractivity contribution in [1.82, 2.24) is 5.32 Å². The van der Waals surface area contributed by atoms with Crippen molar-refractivity contribution in [1.29, 1.82) is 0 Å². The lowest BCUT2D eigenvalue weighted by molar-refractivity contribution is 0.123. The highest BCUT2D eigenvalue weighted by Crippen LogP contribution is 2.22. The minimum absolute atomic E-state index is 0.158. The lowest BCUT2D eigenvalue weighted by Gasteiger charge is -2.21. The minimum atomic E-state index is -1.77. The van der Waals surface area contributed by atoms with E-state index < -0.39 is 29.6 Å². The van der Waals surface area contributed by atoms with Gasteiger partial charge >= 0.3 is 17.5 Å². The third-order valence-electron chi connectivity index (χ3n) is 3.67. The molecule has 1 fully saturated rings. The Morgan fingerprint density at radius 1 is 1.19 bits per heavy atom. The van der Waals surface area contributed by atoms with Crippen molar-refractivity contribution < 1.29 is 22.1 Å². The van der Waals surface area contributed by atoms with Crippen LogP contribution in [-0.4, -0.2) is 34.8 Å². The Labute approximate surface area is 159 Å². The van der Waals surface area contributed by atoms with Crippen LogP contribution >= 0.6 is 11.8 Å². The summed E-state index contributed by atoms with van der Waals surface area (Å²) >= 11 is -0.203. The van der Waals surface area contributed by atoms with Crippen LogP contribution in [0.15, 0.2) is 65.6 Å². The van der Waals surface area contributed by atoms with Crippen molar-refractivity contribution in [2.75, 3.05) is 12.4 Å². The van der Waals surface area contributed by atoms with Crippen LogP contribution in [0.1, 0.15) is 5.56 Å². The molecule has 2 aromatic carbocycles. The molecule has 1 unspecified atom stereocenters. The first-order valence-electron chi connectivity index (χ1n) is 8.08. The summed E-state index contributed by atoms with van der Waals surface area (Å²) in [5, 5.41) is 2.80. The van der Waals surface area contributed by atoms with Gasteiger partial charge in [0.2, 0.25) is 0 Å². The van der Waals surface area contributed by atoms with Gasteiger partial charge in [-0.3, -0.25) is 8.37 Å². The lowest BCUT2D eigenvalue weighted by atomic mass is 10.2. The molecule has 1 saturated heterocycles. The van der Waals surface area contributed by atoms with Gasteiger partial charge in [0.1, 0.15) is 12.7 Å². The summed E-state index contributed by atoms with van der Waals surface area (Å²) in [5.41, 5.74) is 0.902. The maximum atomic E-state index is 12.2. The maximum absolute atomic E-state index is 12.2. The average molecular weight is 393 g/mol. The van der Waals surface area contributed by atoms with E-state index >= 15 is 0 Å². The van der Waals surface area contributed by atoms with Gasteiger partial charge in [-0.25, -0.2) is 4.79 Å². The van der Waals surface area contributed by atoms with Crippen LogP contribution in [0, 0.1) is 0 Å². The van der Waals surface area contributed by atoms with Crippen LogP contribution in [0.3, 0.4) is 0 Å². The largest absolute Gasteiger partial charge is 0.445 e. The Balaban J connectivity index is 1.55. The van der Waals surface area contributed by atoms with Crippen molar-refractivity contribution in [3.63, 3.8) is 0 Å². The van der Waals surface area contributed by atoms with Crippen molar-refractivity contribution in [2.45, 2.75) is 23.6 Å². The van der Waals surface area contributed by atoms with Crippen molar-refractivity contribution in [3.05, 3.63) is 66.2 Å². The van der Waals surface area contributed by atoms with E-state index in [4.69, 9.17) is 13.1 Å². The summed E-state index contributed by atoms with van der Waals surface area (Å²) in [4.78, 5) is 13.2. The molecular formula is C18H19NO5S2. The standard InChI is InChI=1S/C18H19NO5S2/c20-18(22-11-14-7-3-1-4-8-14)19-16(17-12-23-26(21)24-17)13-25-15-9-5-2-6-10-15/h1-10,16-17H,11-13H2,(H,19,20)/t16-,17+,26?/m0/s1. The van der Waals surface area contributed by atoms with Crippen molar-refractivity contribution in [2.24, 2.45) is 0 Å². The number of alkyl carbamates (subject to hydrolysis) is 1. The van der Waals surface area contributed by atoms with E-state index in [1.165, 1.54) is 0 Å². The summed E-state index contributed by atoms with van der Waals surface area (Å²) in [7, 11) is 0. The number of rotatable bonds is 7. The van der Waals surface area contributed by atoms with Gasteiger partial charge in [0.15, 0.2) is 0 Å². The number of carbonyl (C=O) groups is 1. The second-order valence-corrected chi connectivity index (χ2v) is 7.49. The van der Waals surface area contributed by atoms with Crippen molar-refractivity contribution >= 4 is 29.2 Å². The highest BCUT2D eigenvalue weighted by molar-refractivity contribution is 7.99. The topological polar surface area (TPSA) is 73.9 Å². The van der Waals surface area contributed by atoms with Gasteiger partial charge in [-0.1, -0.05) is 48.5 Å². The molecule has 3 rings (SSSR count). The Hall–Kier alpha value is -1.87. The molecule has 1 aliphatic rings. The number of ether oxygens (including phenoxy) is 1. The lowest BCUT2D eigenvalue weighted by Crippen LogP contribution is -2.46. The molecule has 3 atom stereocenters. The first kappa shape index (κ1) is 18.9. The van der Waals surface area contributed by atoms with Gasteiger partial charge in [-0.2, -0.15) is 4.21 Å². The average Bonchev–Trinajstić information content (AvgIpc) is 3.11. The maximum Gasteiger partial charge on any atom is 0.407 e. The van der Waals surface area contributed by atoms with Crippen molar-refractivity contribution in [3.8, 4) is 0 Å². The second kappa shape index (κ2) is 9.72. The number of hydrogen-bond donors (Lipinski definition) is 1. The monoisotopic (exact) mass is 393 g/mol. The van der Waals surface area contributed by atoms with Gasteiger partial charge < -0.3 is 10.1 Å². The molecule has 0 radical (unpaired) electrons. The van der Waals surface area contributed by atoms with E-state index in [1.54, 1.807) is 11.8 Å². The Bertz CT molecular complexity index is 729. The van der Waals surface area contributed by atoms with Crippen LogP contribution in [-0.2, 0) is 31.1 Å². The quantitative estimate of drug-likeness (QED) is 0.729. The molecule has 1 amide bonds. The summed E-state index contributed by atoms with van der Waals surface area (Å²) in [6.45, 7) is 0.338. The number of hydrogen-bond acceptors (Lipinski definition) is 6. The molecule has 2 aromatic rings. The number of carbonyl (C=O) groups excluding carboxylic acids is 1. The molecule has 1 aliphatic heterocycles. The predicted octanol–water partition coefficient (Wildman–Crippen LogP) is 3.07. The van der Waals surface area contributed by atoms with Crippen LogP contribution in [0.2, 0.25) is 0 Å². The van der Waals surface area contributed by atoms with Gasteiger partial charge in [0.05, 0.1) is 12.6 Å². The zero-order chi connectivity index (χ0) is 18.2. The molecule has 6 nitrogen and oxygen atoms in total. The van der Waals surface area contributed by atoms with Crippen LogP contribution in [0.4, 0.5) is 4.79 Å². The molecule has 1 heterocycles. The molecule has 0 bridgehead atoms. The van der Waals surface area contributed by atoms with Gasteiger partial charge in [0.25, 0.3) is 0 Å². The molecule has 0 saturated carbocycles. The minimum Gasteiger partial charge on any atom is -0.445 e. The summed E-state index contributed by atoms with van der Waals surface area (Å²) in [5.74, 6) is 0.537. The smallest absolute Gasteiger partial charge is 0.407 e. The molecule has 138 valence electrons. The number of nitrogens with one attached hydrogen (secondary N) is 1. The number of amides is 1. The van der Waals surface area contributed by atoms with Crippen LogP contribution in [0.25, 0.3) is 0 Å². The third kappa shape index (κ3) is 5.84. The fourth-order valence-corrected chi connectivity index (χ4v) is 4.04. The summed E-state index contributed by atoms with van der Waals surface area (Å²) < 4.78 is 26.8. The van der Waals surface area contributed by atoms with E-state index in [0.717, 1.165) is 10.5 Å². The molecule has 0 spiro atoms. The molecule has 0 aliphatic carbocycles. The van der Waals surface area contributed by atoms with Gasteiger partial charge in [0, 0.05) is 10.6 Å². The normalized spacial score (nSPS) is 20.5. The fourth-order valence-electron chi connectivity index (χ4n) is 2.32. The van der Waals surface area contributed by atoms with Gasteiger partial charge in [-0.15, -0.1) is 11.8 Å². The van der Waals surface area contributed by atoms with E-state index in [1.807, 2.05) is 60.7 Å². The zero-order valence-electron chi connectivity index (χ0n) is 13.9. The number of benzene rings is 2. The predicted molar refractivity (Wildman–Crippen MR) is 99.7 cm³/mol. The van der Waals surface area contributed by atoms with E-state index in [9.17, 15) is 9.00 Å². The zero-order valence-corrected chi connectivity index (χ0v) is 15.5. The van der Waals surface area contributed by atoms with Crippen LogP contribution < -0.4 is 5.32 Å². The molecule has 1 N–H and O–H groups in total. The fraction of sp³-hybridized carbons (Fsp3) is 0.278.